The van der Waals surface area contributed by atoms with E-state index < -0.39 is 21.7 Å². The smallest absolute Gasteiger partial charge is 0.303 e. The Labute approximate surface area is 177 Å². The first-order valence-electron chi connectivity index (χ1n) is 8.55. The molecule has 0 aliphatic rings. The number of carbonyl (C=O) groups is 1. The number of hydrogen-bond donors (Lipinski definition) is 1. The maximum atomic E-state index is 12.3. The quantitative estimate of drug-likeness (QED) is 0.575. The van der Waals surface area contributed by atoms with Crippen LogP contribution in [0.3, 0.4) is 0 Å². The number of nitrogens with zero attached hydrogens (tertiary/aromatic N) is 2. The van der Waals surface area contributed by atoms with Gasteiger partial charge in [0.1, 0.15) is 11.8 Å². The van der Waals surface area contributed by atoms with Crippen molar-refractivity contribution in [2.24, 2.45) is 0 Å². The molecule has 0 radical (unpaired) electrons. The van der Waals surface area contributed by atoms with E-state index in [2.05, 4.69) is 14.9 Å². The molecule has 0 amide bonds. The van der Waals surface area contributed by atoms with Crippen LogP contribution in [0, 0.1) is 11.3 Å². The highest BCUT2D eigenvalue weighted by Gasteiger charge is 2.20. The zero-order valence-corrected chi connectivity index (χ0v) is 17.5. The van der Waals surface area contributed by atoms with Crippen LogP contribution in [0.2, 0.25) is 5.02 Å². The van der Waals surface area contributed by atoms with Crippen molar-refractivity contribution in [3.8, 4) is 34.2 Å². The second kappa shape index (κ2) is 8.57. The minimum Gasteiger partial charge on any atom is -0.495 e. The lowest BCUT2D eigenvalue weighted by molar-refractivity contribution is -0.138. The number of aromatic amines is 1. The van der Waals surface area contributed by atoms with Crippen LogP contribution in [-0.2, 0) is 19.4 Å². The first-order valence-corrected chi connectivity index (χ1v) is 10.6. The summed E-state index contributed by atoms with van der Waals surface area (Å²) in [7, 11) is -2.29. The van der Waals surface area contributed by atoms with E-state index in [1.807, 2.05) is 6.07 Å². The summed E-state index contributed by atoms with van der Waals surface area (Å²) < 4.78 is 34.4. The summed E-state index contributed by atoms with van der Waals surface area (Å²) in [5.41, 5.74) is 2.49. The highest BCUT2D eigenvalue weighted by Crippen LogP contribution is 2.37. The Morgan fingerprint density at radius 3 is 2.47 bits per heavy atom. The van der Waals surface area contributed by atoms with Gasteiger partial charge in [-0.3, -0.25) is 9.89 Å². The molecular formula is C20H16ClN3O5S. The summed E-state index contributed by atoms with van der Waals surface area (Å²) in [5, 5.41) is 16.8. The molecule has 1 heterocycles. The number of esters is 1. The van der Waals surface area contributed by atoms with Gasteiger partial charge in [-0.25, -0.2) is 8.42 Å². The van der Waals surface area contributed by atoms with Gasteiger partial charge in [0.25, 0.3) is 0 Å². The molecule has 0 saturated heterocycles. The SMILES string of the molecule is COc1cc(-c2c(C#N)n[nH]c2-c2ccc(S(=O)(=O)COC(C)=O)cc2)ccc1Cl. The molecule has 3 rings (SSSR count). The van der Waals surface area contributed by atoms with Gasteiger partial charge in [0.15, 0.2) is 11.6 Å². The van der Waals surface area contributed by atoms with Crippen LogP contribution in [0.25, 0.3) is 22.4 Å². The summed E-state index contributed by atoms with van der Waals surface area (Å²) in [5.74, 6) is -0.975. The van der Waals surface area contributed by atoms with Gasteiger partial charge in [-0.05, 0) is 29.8 Å². The number of rotatable bonds is 6. The Bertz CT molecular complexity index is 1240. The maximum Gasteiger partial charge on any atom is 0.303 e. The third-order valence-electron chi connectivity index (χ3n) is 4.23. The van der Waals surface area contributed by atoms with E-state index in [9.17, 15) is 18.5 Å². The van der Waals surface area contributed by atoms with Crippen LogP contribution in [-0.4, -0.2) is 37.6 Å². The molecule has 0 aliphatic heterocycles. The van der Waals surface area contributed by atoms with E-state index in [1.54, 1.807) is 30.3 Å². The Morgan fingerprint density at radius 1 is 1.20 bits per heavy atom. The van der Waals surface area contributed by atoms with Crippen molar-refractivity contribution in [1.82, 2.24) is 10.2 Å². The molecule has 0 saturated carbocycles. The first-order chi connectivity index (χ1) is 14.3. The fourth-order valence-corrected chi connectivity index (χ4v) is 3.99. The van der Waals surface area contributed by atoms with E-state index in [0.29, 0.717) is 33.2 Å². The van der Waals surface area contributed by atoms with Crippen molar-refractivity contribution >= 4 is 27.4 Å². The number of hydrogen-bond acceptors (Lipinski definition) is 7. The van der Waals surface area contributed by atoms with Crippen LogP contribution in [0.15, 0.2) is 47.4 Å². The van der Waals surface area contributed by atoms with Gasteiger partial charge >= 0.3 is 5.97 Å². The largest absolute Gasteiger partial charge is 0.495 e. The molecule has 3 aromatic rings. The van der Waals surface area contributed by atoms with Gasteiger partial charge in [-0.1, -0.05) is 29.8 Å². The Hall–Kier alpha value is -3.35. The molecule has 0 bridgehead atoms. The molecule has 1 aromatic heterocycles. The van der Waals surface area contributed by atoms with Crippen molar-refractivity contribution in [3.63, 3.8) is 0 Å². The average molecular weight is 446 g/mol. The number of H-pyrrole nitrogens is 1. The molecule has 10 heteroatoms. The van der Waals surface area contributed by atoms with Crippen LogP contribution >= 0.6 is 11.6 Å². The molecule has 0 fully saturated rings. The molecular weight excluding hydrogens is 430 g/mol. The number of sulfone groups is 1. The van der Waals surface area contributed by atoms with Crippen LogP contribution in [0.1, 0.15) is 12.6 Å². The Kier molecular flexibility index (Phi) is 6.10. The first kappa shape index (κ1) is 21.4. The van der Waals surface area contributed by atoms with E-state index in [4.69, 9.17) is 16.3 Å². The van der Waals surface area contributed by atoms with Gasteiger partial charge in [0.05, 0.1) is 22.7 Å². The molecule has 0 spiro atoms. The lowest BCUT2D eigenvalue weighted by Gasteiger charge is -2.09. The van der Waals surface area contributed by atoms with Crippen molar-refractivity contribution in [3.05, 3.63) is 53.2 Å². The van der Waals surface area contributed by atoms with Crippen LogP contribution in [0.5, 0.6) is 5.75 Å². The topological polar surface area (TPSA) is 122 Å². The summed E-state index contributed by atoms with van der Waals surface area (Å²) >= 11 is 6.09. The summed E-state index contributed by atoms with van der Waals surface area (Å²) in [6.07, 6.45) is 0. The minimum absolute atomic E-state index is 0.00207. The van der Waals surface area contributed by atoms with Crippen LogP contribution in [0.4, 0.5) is 0 Å². The van der Waals surface area contributed by atoms with E-state index in [0.717, 1.165) is 6.92 Å². The van der Waals surface area contributed by atoms with E-state index >= 15 is 0 Å². The maximum absolute atomic E-state index is 12.3. The van der Waals surface area contributed by atoms with Crippen molar-refractivity contribution < 1.29 is 22.7 Å². The molecule has 30 heavy (non-hydrogen) atoms. The predicted molar refractivity (Wildman–Crippen MR) is 110 cm³/mol. The molecule has 0 atom stereocenters. The molecule has 8 nitrogen and oxygen atoms in total. The third-order valence-corrected chi connectivity index (χ3v) is 5.96. The number of ether oxygens (including phenoxy) is 2. The van der Waals surface area contributed by atoms with Gasteiger partial charge < -0.3 is 9.47 Å². The van der Waals surface area contributed by atoms with Gasteiger partial charge in [0.2, 0.25) is 9.84 Å². The zero-order chi connectivity index (χ0) is 21.9. The fraction of sp³-hybridized carbons (Fsp3) is 0.150. The van der Waals surface area contributed by atoms with Crippen molar-refractivity contribution in [2.75, 3.05) is 13.0 Å². The molecule has 2 aromatic carbocycles. The summed E-state index contributed by atoms with van der Waals surface area (Å²) in [4.78, 5) is 10.9. The highest BCUT2D eigenvalue weighted by molar-refractivity contribution is 7.91. The number of methoxy groups -OCH3 is 1. The lowest BCUT2D eigenvalue weighted by Crippen LogP contribution is -2.12. The second-order valence-corrected chi connectivity index (χ2v) is 8.52. The highest BCUT2D eigenvalue weighted by atomic mass is 35.5. The number of carbonyl (C=O) groups excluding carboxylic acids is 1. The zero-order valence-electron chi connectivity index (χ0n) is 16.0. The lowest BCUT2D eigenvalue weighted by atomic mass is 9.99. The molecule has 0 unspecified atom stereocenters. The predicted octanol–water partition coefficient (Wildman–Crippen LogP) is 3.57. The number of nitrogens with one attached hydrogen (secondary N) is 1. The summed E-state index contributed by atoms with van der Waals surface area (Å²) in [6, 6.07) is 13.1. The third kappa shape index (κ3) is 4.30. The summed E-state index contributed by atoms with van der Waals surface area (Å²) in [6.45, 7) is 1.14. The van der Waals surface area contributed by atoms with Gasteiger partial charge in [-0.15, -0.1) is 0 Å². The minimum atomic E-state index is -3.78. The Morgan fingerprint density at radius 2 is 1.87 bits per heavy atom. The Balaban J connectivity index is 2.03. The second-order valence-electron chi connectivity index (χ2n) is 6.18. The van der Waals surface area contributed by atoms with Gasteiger partial charge in [-0.2, -0.15) is 10.4 Å². The van der Waals surface area contributed by atoms with Crippen molar-refractivity contribution in [2.45, 2.75) is 11.8 Å². The molecule has 0 aliphatic carbocycles. The monoisotopic (exact) mass is 445 g/mol. The standard InChI is InChI=1S/C20H16ClN3O5S/c1-12(25)29-11-30(26,27)15-6-3-13(4-7-15)20-19(17(10-22)23-24-20)14-5-8-16(21)18(9-14)28-2/h3-9H,11H2,1-2H3,(H,23,24). The average Bonchev–Trinajstić information content (AvgIpc) is 3.17. The molecule has 154 valence electrons. The van der Waals surface area contributed by atoms with Gasteiger partial charge in [0, 0.05) is 18.1 Å². The number of benzene rings is 2. The number of halogens is 1. The van der Waals surface area contributed by atoms with Crippen LogP contribution < -0.4 is 4.74 Å². The number of nitriles is 1. The normalized spacial score (nSPS) is 11.0. The van der Waals surface area contributed by atoms with E-state index in [-0.39, 0.29) is 10.6 Å². The molecule has 1 N–H and O–H groups in total. The van der Waals surface area contributed by atoms with E-state index in [1.165, 1.54) is 19.2 Å². The number of aromatic nitrogens is 2. The fourth-order valence-electron chi connectivity index (χ4n) is 2.79. The van der Waals surface area contributed by atoms with Crippen molar-refractivity contribution in [1.29, 1.82) is 5.26 Å².